The summed E-state index contributed by atoms with van der Waals surface area (Å²) < 4.78 is 0. The third-order valence-corrected chi connectivity index (χ3v) is 2.22. The Hall–Kier alpha value is -1.38. The van der Waals surface area contributed by atoms with E-state index in [1.54, 1.807) is 6.20 Å². The van der Waals surface area contributed by atoms with Crippen molar-refractivity contribution in [1.29, 1.82) is 0 Å². The second-order valence-corrected chi connectivity index (χ2v) is 3.48. The Balaban J connectivity index is 2.63. The molecule has 1 aromatic heterocycles. The SMILES string of the molecule is CC1(C)C(=O)Nc2cccnc21. The van der Waals surface area contributed by atoms with Gasteiger partial charge in [0.25, 0.3) is 0 Å². The number of fused-ring (bicyclic) bond motifs is 1. The highest BCUT2D eigenvalue weighted by molar-refractivity contribution is 6.04. The van der Waals surface area contributed by atoms with Gasteiger partial charge in [-0.05, 0) is 26.0 Å². The van der Waals surface area contributed by atoms with Gasteiger partial charge >= 0.3 is 0 Å². The molecule has 3 nitrogen and oxygen atoms in total. The highest BCUT2D eigenvalue weighted by Gasteiger charge is 2.39. The highest BCUT2D eigenvalue weighted by Crippen LogP contribution is 2.34. The molecule has 0 atom stereocenters. The zero-order chi connectivity index (χ0) is 8.77. The molecule has 0 spiro atoms. The first-order valence-electron chi connectivity index (χ1n) is 3.89. The standard InChI is InChI=1S/C9H10N2O/c1-9(2)7-6(11-8(9)12)4-3-5-10-7/h3-5H,1-2H3,(H,11,12). The molecule has 1 N–H and O–H groups in total. The fraction of sp³-hybridized carbons (Fsp3) is 0.333. The number of rotatable bonds is 0. The number of hydrogen-bond donors (Lipinski definition) is 1. The van der Waals surface area contributed by atoms with Crippen LogP contribution in [-0.4, -0.2) is 10.9 Å². The lowest BCUT2D eigenvalue weighted by atomic mass is 9.90. The van der Waals surface area contributed by atoms with Crippen LogP contribution in [-0.2, 0) is 10.2 Å². The lowest BCUT2D eigenvalue weighted by Crippen LogP contribution is -2.27. The molecule has 2 heterocycles. The van der Waals surface area contributed by atoms with Crippen LogP contribution in [0.3, 0.4) is 0 Å². The molecule has 1 aliphatic heterocycles. The number of nitrogens with zero attached hydrogens (tertiary/aromatic N) is 1. The summed E-state index contributed by atoms with van der Waals surface area (Å²) in [5.74, 6) is 0.0243. The van der Waals surface area contributed by atoms with E-state index in [9.17, 15) is 4.79 Å². The molecule has 0 saturated carbocycles. The second kappa shape index (κ2) is 2.06. The van der Waals surface area contributed by atoms with Crippen LogP contribution in [0.25, 0.3) is 0 Å². The van der Waals surface area contributed by atoms with Crippen molar-refractivity contribution < 1.29 is 4.79 Å². The van der Waals surface area contributed by atoms with Crippen LogP contribution < -0.4 is 5.32 Å². The summed E-state index contributed by atoms with van der Waals surface area (Å²) in [6.45, 7) is 3.75. The quantitative estimate of drug-likeness (QED) is 0.625. The number of hydrogen-bond acceptors (Lipinski definition) is 2. The lowest BCUT2D eigenvalue weighted by molar-refractivity contribution is -0.119. The van der Waals surface area contributed by atoms with Gasteiger partial charge < -0.3 is 5.32 Å². The highest BCUT2D eigenvalue weighted by atomic mass is 16.2. The molecule has 0 saturated heterocycles. The van der Waals surface area contributed by atoms with E-state index in [2.05, 4.69) is 10.3 Å². The molecule has 1 aliphatic rings. The summed E-state index contributed by atoms with van der Waals surface area (Å²) in [5, 5.41) is 2.79. The number of carbonyl (C=O) groups excluding carboxylic acids is 1. The van der Waals surface area contributed by atoms with Crippen molar-refractivity contribution in [3.63, 3.8) is 0 Å². The van der Waals surface area contributed by atoms with Crippen molar-refractivity contribution in [1.82, 2.24) is 4.98 Å². The maximum atomic E-state index is 11.4. The average molecular weight is 162 g/mol. The van der Waals surface area contributed by atoms with Crippen molar-refractivity contribution in [2.75, 3.05) is 5.32 Å². The van der Waals surface area contributed by atoms with Gasteiger partial charge in [-0.1, -0.05) is 0 Å². The first-order valence-corrected chi connectivity index (χ1v) is 3.89. The minimum atomic E-state index is -0.476. The Labute approximate surface area is 70.8 Å². The van der Waals surface area contributed by atoms with Gasteiger partial charge in [0.1, 0.15) is 0 Å². The molecule has 62 valence electrons. The Bertz CT molecular complexity index is 344. The average Bonchev–Trinajstić information content (AvgIpc) is 2.25. The summed E-state index contributed by atoms with van der Waals surface area (Å²) in [6.07, 6.45) is 1.71. The number of nitrogens with one attached hydrogen (secondary N) is 1. The molecule has 0 bridgehead atoms. The minimum absolute atomic E-state index is 0.0243. The van der Waals surface area contributed by atoms with E-state index in [1.165, 1.54) is 0 Å². The zero-order valence-electron chi connectivity index (χ0n) is 7.09. The van der Waals surface area contributed by atoms with Gasteiger partial charge in [-0.2, -0.15) is 0 Å². The predicted octanol–water partition coefficient (Wildman–Crippen LogP) is 1.31. The molecule has 2 rings (SSSR count). The molecular weight excluding hydrogens is 152 g/mol. The number of aromatic nitrogens is 1. The van der Waals surface area contributed by atoms with Gasteiger partial charge in [0.15, 0.2) is 0 Å². The Morgan fingerprint density at radius 1 is 1.50 bits per heavy atom. The normalized spacial score (nSPS) is 18.7. The van der Waals surface area contributed by atoms with E-state index in [0.717, 1.165) is 11.4 Å². The van der Waals surface area contributed by atoms with Gasteiger partial charge in [0.05, 0.1) is 16.8 Å². The predicted molar refractivity (Wildman–Crippen MR) is 45.9 cm³/mol. The molecular formula is C9H10N2O. The summed E-state index contributed by atoms with van der Waals surface area (Å²) in [6, 6.07) is 3.69. The van der Waals surface area contributed by atoms with E-state index in [0.29, 0.717) is 0 Å². The monoisotopic (exact) mass is 162 g/mol. The zero-order valence-corrected chi connectivity index (χ0v) is 7.09. The van der Waals surface area contributed by atoms with E-state index in [1.807, 2.05) is 26.0 Å². The molecule has 0 fully saturated rings. The molecule has 0 radical (unpaired) electrons. The lowest BCUT2D eigenvalue weighted by Gasteiger charge is -2.12. The van der Waals surface area contributed by atoms with Crippen LogP contribution in [0.2, 0.25) is 0 Å². The first-order chi connectivity index (χ1) is 5.62. The van der Waals surface area contributed by atoms with E-state index in [-0.39, 0.29) is 5.91 Å². The molecule has 12 heavy (non-hydrogen) atoms. The maximum Gasteiger partial charge on any atom is 0.236 e. The molecule has 1 aromatic rings. The topological polar surface area (TPSA) is 42.0 Å². The first kappa shape index (κ1) is 7.28. The van der Waals surface area contributed by atoms with Crippen LogP contribution in [0.5, 0.6) is 0 Å². The van der Waals surface area contributed by atoms with E-state index in [4.69, 9.17) is 0 Å². The van der Waals surface area contributed by atoms with Crippen molar-refractivity contribution >= 4 is 11.6 Å². The maximum absolute atomic E-state index is 11.4. The smallest absolute Gasteiger partial charge is 0.236 e. The van der Waals surface area contributed by atoms with Gasteiger partial charge in [-0.15, -0.1) is 0 Å². The van der Waals surface area contributed by atoms with E-state index < -0.39 is 5.41 Å². The van der Waals surface area contributed by atoms with Crippen LogP contribution in [0.4, 0.5) is 5.69 Å². The minimum Gasteiger partial charge on any atom is -0.324 e. The van der Waals surface area contributed by atoms with Crippen molar-refractivity contribution in [2.45, 2.75) is 19.3 Å². The summed E-state index contributed by atoms with van der Waals surface area (Å²) in [5.41, 5.74) is 1.21. The second-order valence-electron chi connectivity index (χ2n) is 3.48. The van der Waals surface area contributed by atoms with Gasteiger partial charge in [0.2, 0.25) is 5.91 Å². The number of pyridine rings is 1. The summed E-state index contributed by atoms with van der Waals surface area (Å²) in [4.78, 5) is 15.6. The Kier molecular flexibility index (Phi) is 1.25. The van der Waals surface area contributed by atoms with Crippen molar-refractivity contribution in [3.8, 4) is 0 Å². The molecule has 0 unspecified atom stereocenters. The largest absolute Gasteiger partial charge is 0.324 e. The van der Waals surface area contributed by atoms with Crippen LogP contribution >= 0.6 is 0 Å². The Morgan fingerprint density at radius 2 is 2.25 bits per heavy atom. The summed E-state index contributed by atoms with van der Waals surface area (Å²) >= 11 is 0. The third kappa shape index (κ3) is 0.763. The van der Waals surface area contributed by atoms with E-state index >= 15 is 0 Å². The van der Waals surface area contributed by atoms with Crippen LogP contribution in [0.15, 0.2) is 18.3 Å². The van der Waals surface area contributed by atoms with Gasteiger partial charge in [0, 0.05) is 6.20 Å². The molecule has 0 aromatic carbocycles. The van der Waals surface area contributed by atoms with Gasteiger partial charge in [-0.3, -0.25) is 9.78 Å². The molecule has 1 amide bonds. The van der Waals surface area contributed by atoms with Gasteiger partial charge in [-0.25, -0.2) is 0 Å². The number of anilines is 1. The fourth-order valence-electron chi connectivity index (χ4n) is 1.39. The Morgan fingerprint density at radius 3 is 2.92 bits per heavy atom. The summed E-state index contributed by atoms with van der Waals surface area (Å²) in [7, 11) is 0. The third-order valence-electron chi connectivity index (χ3n) is 2.22. The van der Waals surface area contributed by atoms with Crippen LogP contribution in [0.1, 0.15) is 19.5 Å². The molecule has 3 heteroatoms. The fourth-order valence-corrected chi connectivity index (χ4v) is 1.39. The number of carbonyl (C=O) groups is 1. The van der Waals surface area contributed by atoms with Crippen molar-refractivity contribution in [3.05, 3.63) is 24.0 Å². The number of amides is 1. The molecule has 0 aliphatic carbocycles. The van der Waals surface area contributed by atoms with Crippen LogP contribution in [0, 0.1) is 0 Å². The van der Waals surface area contributed by atoms with Crippen molar-refractivity contribution in [2.24, 2.45) is 0 Å².